The molecular formula is C13H18N2O. The van der Waals surface area contributed by atoms with Crippen LogP contribution >= 0.6 is 0 Å². The van der Waals surface area contributed by atoms with Crippen LogP contribution in [0.4, 0.5) is 11.4 Å². The molecule has 3 heteroatoms. The van der Waals surface area contributed by atoms with E-state index in [1.165, 1.54) is 11.1 Å². The average Bonchev–Trinajstić information content (AvgIpc) is 2.24. The van der Waals surface area contributed by atoms with Crippen LogP contribution in [0, 0.1) is 13.8 Å². The predicted octanol–water partition coefficient (Wildman–Crippen LogP) is 2.47. The molecule has 3 nitrogen and oxygen atoms in total. The molecule has 0 spiro atoms. The van der Waals surface area contributed by atoms with Gasteiger partial charge in [0.15, 0.2) is 0 Å². The molecule has 0 fully saturated rings. The lowest BCUT2D eigenvalue weighted by molar-refractivity contribution is -0.119. The number of carbonyl (C=O) groups excluding carboxylic acids is 1. The van der Waals surface area contributed by atoms with Gasteiger partial charge in [-0.25, -0.2) is 0 Å². The second-order valence-corrected chi connectivity index (χ2v) is 4.48. The first-order valence-electron chi connectivity index (χ1n) is 5.70. The van der Waals surface area contributed by atoms with Gasteiger partial charge in [-0.2, -0.15) is 0 Å². The molecule has 86 valence electrons. The summed E-state index contributed by atoms with van der Waals surface area (Å²) in [4.78, 5) is 13.8. The van der Waals surface area contributed by atoms with Crippen LogP contribution in [-0.4, -0.2) is 19.0 Å². The van der Waals surface area contributed by atoms with Crippen molar-refractivity contribution in [2.75, 3.05) is 17.3 Å². The second-order valence-electron chi connectivity index (χ2n) is 4.48. The van der Waals surface area contributed by atoms with Crippen LogP contribution in [0.15, 0.2) is 12.1 Å². The molecule has 2 rings (SSSR count). The third-order valence-electron chi connectivity index (χ3n) is 3.18. The Hall–Kier alpha value is -1.51. The Kier molecular flexibility index (Phi) is 2.62. The number of anilines is 2. The molecule has 1 aliphatic rings. The predicted molar refractivity (Wildman–Crippen MR) is 67.0 cm³/mol. The molecule has 0 saturated heterocycles. The zero-order chi connectivity index (χ0) is 11.9. The fourth-order valence-electron chi connectivity index (χ4n) is 2.26. The monoisotopic (exact) mass is 218 g/mol. The number of hydrogen-bond acceptors (Lipinski definition) is 2. The van der Waals surface area contributed by atoms with Crippen molar-refractivity contribution in [2.24, 2.45) is 0 Å². The number of fused-ring (bicyclic) bond motifs is 1. The maximum Gasteiger partial charge on any atom is 0.249 e. The summed E-state index contributed by atoms with van der Waals surface area (Å²) in [7, 11) is 1.85. The van der Waals surface area contributed by atoms with Crippen molar-refractivity contribution in [3.8, 4) is 0 Å². The molecule has 0 aromatic heterocycles. The van der Waals surface area contributed by atoms with Gasteiger partial charge >= 0.3 is 0 Å². The van der Waals surface area contributed by atoms with Crippen LogP contribution in [0.1, 0.15) is 24.5 Å². The summed E-state index contributed by atoms with van der Waals surface area (Å²) in [5, 5.41) is 3.33. The molecule has 1 amide bonds. The van der Waals surface area contributed by atoms with Gasteiger partial charge in [0.25, 0.3) is 0 Å². The van der Waals surface area contributed by atoms with E-state index in [9.17, 15) is 4.79 Å². The summed E-state index contributed by atoms with van der Waals surface area (Å²) in [5.41, 5.74) is 4.48. The third-order valence-corrected chi connectivity index (χ3v) is 3.18. The normalized spacial score (nSPS) is 19.4. The Morgan fingerprint density at radius 3 is 2.69 bits per heavy atom. The van der Waals surface area contributed by atoms with Crippen molar-refractivity contribution >= 4 is 17.3 Å². The lowest BCUT2D eigenvalue weighted by Crippen LogP contribution is -2.45. The van der Waals surface area contributed by atoms with E-state index in [2.05, 4.69) is 31.3 Å². The summed E-state index contributed by atoms with van der Waals surface area (Å²) in [6, 6.07) is 4.11. The van der Waals surface area contributed by atoms with E-state index in [0.29, 0.717) is 0 Å². The van der Waals surface area contributed by atoms with Gasteiger partial charge in [-0.15, -0.1) is 0 Å². The maximum atomic E-state index is 12.0. The zero-order valence-corrected chi connectivity index (χ0v) is 10.3. The zero-order valence-electron chi connectivity index (χ0n) is 10.3. The number of likely N-dealkylation sites (N-methyl/N-ethyl adjacent to an activating group) is 1. The van der Waals surface area contributed by atoms with Gasteiger partial charge < -0.3 is 10.2 Å². The van der Waals surface area contributed by atoms with Crippen LogP contribution in [0.25, 0.3) is 0 Å². The van der Waals surface area contributed by atoms with E-state index in [1.54, 1.807) is 4.90 Å². The molecule has 1 atom stereocenters. The minimum Gasteiger partial charge on any atom is -0.372 e. The van der Waals surface area contributed by atoms with Crippen molar-refractivity contribution in [3.63, 3.8) is 0 Å². The van der Waals surface area contributed by atoms with Crippen LogP contribution in [0.2, 0.25) is 0 Å². The van der Waals surface area contributed by atoms with Crippen molar-refractivity contribution in [3.05, 3.63) is 23.3 Å². The van der Waals surface area contributed by atoms with E-state index in [1.807, 2.05) is 14.0 Å². The topological polar surface area (TPSA) is 32.3 Å². The Morgan fingerprint density at radius 2 is 2.06 bits per heavy atom. The number of nitrogens with one attached hydrogen (secondary N) is 1. The van der Waals surface area contributed by atoms with E-state index >= 15 is 0 Å². The molecule has 0 aliphatic carbocycles. The summed E-state index contributed by atoms with van der Waals surface area (Å²) in [6.07, 6.45) is 0.815. The molecule has 0 saturated carbocycles. The van der Waals surface area contributed by atoms with Crippen LogP contribution in [-0.2, 0) is 4.79 Å². The molecule has 1 heterocycles. The molecule has 1 aromatic rings. The van der Waals surface area contributed by atoms with E-state index in [-0.39, 0.29) is 11.9 Å². The highest BCUT2D eigenvalue weighted by Crippen LogP contribution is 2.35. The van der Waals surface area contributed by atoms with Gasteiger partial charge in [0, 0.05) is 7.05 Å². The average molecular weight is 218 g/mol. The fourth-order valence-corrected chi connectivity index (χ4v) is 2.26. The van der Waals surface area contributed by atoms with Crippen LogP contribution < -0.4 is 10.2 Å². The standard InChI is InChI=1S/C13H18N2O/c1-5-10-13(16)15(4)11-7-8(2)6-9(3)12(11)14-10/h6-7,10,14H,5H2,1-4H3. The lowest BCUT2D eigenvalue weighted by Gasteiger charge is -2.33. The van der Waals surface area contributed by atoms with Crippen LogP contribution in [0.3, 0.4) is 0 Å². The highest BCUT2D eigenvalue weighted by Gasteiger charge is 2.29. The first-order chi connectivity index (χ1) is 7.54. The molecular weight excluding hydrogens is 200 g/mol. The van der Waals surface area contributed by atoms with Gasteiger partial charge in [0.05, 0.1) is 11.4 Å². The lowest BCUT2D eigenvalue weighted by atomic mass is 10.0. The Bertz CT molecular complexity index is 440. The Labute approximate surface area is 96.5 Å². The van der Waals surface area contributed by atoms with Gasteiger partial charge in [-0.05, 0) is 37.5 Å². The SMILES string of the molecule is CCC1Nc2c(C)cc(C)cc2N(C)C1=O. The van der Waals surface area contributed by atoms with E-state index in [4.69, 9.17) is 0 Å². The van der Waals surface area contributed by atoms with Crippen molar-refractivity contribution in [1.82, 2.24) is 0 Å². The molecule has 1 N–H and O–H groups in total. The summed E-state index contributed by atoms with van der Waals surface area (Å²) in [6.45, 7) is 6.16. The first-order valence-corrected chi connectivity index (χ1v) is 5.70. The molecule has 1 aliphatic heterocycles. The van der Waals surface area contributed by atoms with Gasteiger partial charge in [0.1, 0.15) is 6.04 Å². The second kappa shape index (κ2) is 3.81. The first kappa shape index (κ1) is 11.0. The minimum absolute atomic E-state index is 0.0843. The molecule has 1 unspecified atom stereocenters. The number of amides is 1. The van der Waals surface area contributed by atoms with E-state index in [0.717, 1.165) is 17.8 Å². The van der Waals surface area contributed by atoms with Crippen molar-refractivity contribution in [1.29, 1.82) is 0 Å². The van der Waals surface area contributed by atoms with Crippen molar-refractivity contribution in [2.45, 2.75) is 33.2 Å². The molecule has 16 heavy (non-hydrogen) atoms. The number of carbonyl (C=O) groups is 1. The fraction of sp³-hybridized carbons (Fsp3) is 0.462. The Balaban J connectivity index is 2.54. The number of nitrogens with zero attached hydrogens (tertiary/aromatic N) is 1. The van der Waals surface area contributed by atoms with Crippen LogP contribution in [0.5, 0.6) is 0 Å². The number of rotatable bonds is 1. The molecule has 0 radical (unpaired) electrons. The third kappa shape index (κ3) is 1.56. The number of benzene rings is 1. The summed E-state index contributed by atoms with van der Waals surface area (Å²) >= 11 is 0. The Morgan fingerprint density at radius 1 is 1.38 bits per heavy atom. The van der Waals surface area contributed by atoms with Gasteiger partial charge in [-0.3, -0.25) is 4.79 Å². The molecule has 0 bridgehead atoms. The maximum absolute atomic E-state index is 12.0. The largest absolute Gasteiger partial charge is 0.372 e. The smallest absolute Gasteiger partial charge is 0.249 e. The quantitative estimate of drug-likeness (QED) is 0.785. The highest BCUT2D eigenvalue weighted by atomic mass is 16.2. The summed E-state index contributed by atoms with van der Waals surface area (Å²) in [5.74, 6) is 0.153. The summed E-state index contributed by atoms with van der Waals surface area (Å²) < 4.78 is 0. The molecule has 1 aromatic carbocycles. The van der Waals surface area contributed by atoms with Gasteiger partial charge in [-0.1, -0.05) is 13.0 Å². The van der Waals surface area contributed by atoms with Crippen molar-refractivity contribution < 1.29 is 4.79 Å². The number of hydrogen-bond donors (Lipinski definition) is 1. The minimum atomic E-state index is -0.0843. The van der Waals surface area contributed by atoms with E-state index < -0.39 is 0 Å². The highest BCUT2D eigenvalue weighted by molar-refractivity contribution is 6.05. The van der Waals surface area contributed by atoms with Gasteiger partial charge in [0.2, 0.25) is 5.91 Å². The number of aryl methyl sites for hydroxylation is 2.